The number of hydrogen-bond donors (Lipinski definition) is 2. The highest BCUT2D eigenvalue weighted by atomic mass is 19.4. The third kappa shape index (κ3) is 7.71. The highest BCUT2D eigenvalue weighted by molar-refractivity contribution is 5.91. The van der Waals surface area contributed by atoms with Gasteiger partial charge in [0.05, 0.1) is 0 Å². The molecular formula is C22H10F26O4. The van der Waals surface area contributed by atoms with Crippen LogP contribution >= 0.6 is 0 Å². The minimum atomic E-state index is -8.48. The molecule has 0 aliphatic heterocycles. The first-order valence-electron chi connectivity index (χ1n) is 11.9. The van der Waals surface area contributed by atoms with E-state index < -0.39 is 120 Å². The van der Waals surface area contributed by atoms with Crippen LogP contribution in [0.4, 0.5) is 114 Å². The van der Waals surface area contributed by atoms with Gasteiger partial charge in [-0.3, -0.25) is 0 Å². The topological polar surface area (TPSA) is 74.6 Å². The maximum Gasteiger partial charge on any atom is 0.460 e. The van der Waals surface area contributed by atoms with Gasteiger partial charge < -0.3 is 10.2 Å². The first-order valence-corrected chi connectivity index (χ1v) is 11.9. The van der Waals surface area contributed by atoms with Gasteiger partial charge in [0.2, 0.25) is 0 Å². The molecule has 0 spiro atoms. The standard InChI is InChI=1S/C22H10F26O4/c23-11(24,13(27,28)15(31,32)17(35,36)19(39,40)21(43,44)45)5-3-7(1-2-9(49)50)8(10(51)52)4-6-12(25,26)14(29,30)16(33,34)18(37,38)20(41,42)22(46,47)48/h3-6H2,(H,49,50)(H,51,52)/b8-7-. The summed E-state index contributed by atoms with van der Waals surface area (Å²) < 4.78 is 345. The van der Waals surface area contributed by atoms with Crippen LogP contribution in [0.3, 0.4) is 0 Å². The molecule has 0 rings (SSSR count). The van der Waals surface area contributed by atoms with Gasteiger partial charge in [-0.1, -0.05) is 5.92 Å². The Morgan fingerprint density at radius 3 is 0.904 bits per heavy atom. The van der Waals surface area contributed by atoms with Crippen molar-refractivity contribution in [1.29, 1.82) is 0 Å². The number of rotatable bonds is 15. The zero-order valence-electron chi connectivity index (χ0n) is 23.4. The predicted octanol–water partition coefficient (Wildman–Crippen LogP) is 9.49. The number of aliphatic carboxylic acids is 2. The Kier molecular flexibility index (Phi) is 12.7. The summed E-state index contributed by atoms with van der Waals surface area (Å²) in [7, 11) is 0. The van der Waals surface area contributed by atoms with E-state index in [0.29, 0.717) is 5.92 Å². The largest absolute Gasteiger partial charge is 0.478 e. The van der Waals surface area contributed by atoms with Crippen LogP contribution in [-0.4, -0.2) is 93.7 Å². The number of halogens is 26. The molecule has 0 aliphatic rings. The van der Waals surface area contributed by atoms with E-state index in [1.165, 1.54) is 0 Å². The summed E-state index contributed by atoms with van der Waals surface area (Å²) in [6.45, 7) is 0. The molecule has 0 fully saturated rings. The fourth-order valence-corrected chi connectivity index (χ4v) is 3.29. The minimum absolute atomic E-state index is 0.625. The Morgan fingerprint density at radius 1 is 0.385 bits per heavy atom. The zero-order valence-corrected chi connectivity index (χ0v) is 23.4. The monoisotopic (exact) mass is 832 g/mol. The van der Waals surface area contributed by atoms with E-state index in [4.69, 9.17) is 10.2 Å². The Morgan fingerprint density at radius 2 is 0.654 bits per heavy atom. The molecule has 0 atom stereocenters. The summed E-state index contributed by atoms with van der Waals surface area (Å²) in [6, 6.07) is 0. The number of carboxylic acid groups (broad SMARTS) is 2. The molecule has 0 unspecified atom stereocenters. The van der Waals surface area contributed by atoms with Gasteiger partial charge in [0, 0.05) is 29.9 Å². The quantitative estimate of drug-likeness (QED) is 0.0981. The Balaban J connectivity index is 7.10. The van der Waals surface area contributed by atoms with Crippen LogP contribution in [0.1, 0.15) is 25.7 Å². The molecule has 0 aromatic rings. The van der Waals surface area contributed by atoms with E-state index in [-0.39, 0.29) is 0 Å². The van der Waals surface area contributed by atoms with Crippen molar-refractivity contribution in [1.82, 2.24) is 0 Å². The summed E-state index contributed by atoms with van der Waals surface area (Å²) in [4.78, 5) is 22.0. The zero-order chi connectivity index (χ0) is 42.6. The molecule has 0 saturated carbocycles. The summed E-state index contributed by atoms with van der Waals surface area (Å²) in [5, 5.41) is 17.5. The molecule has 0 aromatic heterocycles. The van der Waals surface area contributed by atoms with Crippen molar-refractivity contribution in [3.63, 3.8) is 0 Å². The normalized spacial score (nSPS) is 15.9. The SMILES string of the molecule is O=C(O)C#C/C(CCC(F)(F)C(F)(F)C(F)(F)C(F)(F)C(F)(F)C(F)(F)F)=C(\CCC(F)(F)C(F)(F)C(F)(F)C(F)(F)C(F)(F)C(F)(F)F)C(=O)O. The lowest BCUT2D eigenvalue weighted by Gasteiger charge is -2.40. The average molecular weight is 832 g/mol. The fraction of sp³-hybridized carbons (Fsp3) is 0.727. The smallest absolute Gasteiger partial charge is 0.460 e. The number of alkyl halides is 26. The first kappa shape index (κ1) is 48.4. The Bertz CT molecular complexity index is 1440. The van der Waals surface area contributed by atoms with Gasteiger partial charge in [-0.05, 0) is 12.8 Å². The molecule has 2 N–H and O–H groups in total. The van der Waals surface area contributed by atoms with E-state index >= 15 is 0 Å². The van der Waals surface area contributed by atoms with Crippen LogP contribution in [0, 0.1) is 11.8 Å². The summed E-state index contributed by atoms with van der Waals surface area (Å²) in [5.74, 6) is -85.2. The second kappa shape index (κ2) is 13.7. The number of carboxylic acids is 2. The van der Waals surface area contributed by atoms with Gasteiger partial charge in [-0.25, -0.2) is 9.59 Å². The lowest BCUT2D eigenvalue weighted by Crippen LogP contribution is -2.70. The summed E-state index contributed by atoms with van der Waals surface area (Å²) in [6.07, 6.45) is -28.3. The third-order valence-corrected chi connectivity index (χ3v) is 6.32. The average Bonchev–Trinajstić information content (AvgIpc) is 2.91. The van der Waals surface area contributed by atoms with Crippen LogP contribution < -0.4 is 0 Å². The van der Waals surface area contributed by atoms with Crippen molar-refractivity contribution in [3.8, 4) is 11.8 Å². The molecule has 0 radical (unpaired) electrons. The second-order valence-electron chi connectivity index (χ2n) is 9.82. The van der Waals surface area contributed by atoms with Crippen molar-refractivity contribution in [2.45, 2.75) is 97.3 Å². The van der Waals surface area contributed by atoms with Crippen LogP contribution in [0.2, 0.25) is 0 Å². The molecule has 0 bridgehead atoms. The van der Waals surface area contributed by atoms with Gasteiger partial charge in [-0.15, -0.1) is 0 Å². The van der Waals surface area contributed by atoms with Gasteiger partial charge in [0.25, 0.3) is 0 Å². The molecule has 4 nitrogen and oxygen atoms in total. The summed E-state index contributed by atoms with van der Waals surface area (Å²) in [5.41, 5.74) is -4.83. The van der Waals surface area contributed by atoms with Gasteiger partial charge >= 0.3 is 83.5 Å². The van der Waals surface area contributed by atoms with E-state index in [9.17, 15) is 124 Å². The van der Waals surface area contributed by atoms with E-state index in [2.05, 4.69) is 0 Å². The van der Waals surface area contributed by atoms with Gasteiger partial charge in [-0.2, -0.15) is 114 Å². The van der Waals surface area contributed by atoms with Crippen LogP contribution in [0.15, 0.2) is 11.1 Å². The molecule has 0 aromatic carbocycles. The maximum atomic E-state index is 14.2. The lowest BCUT2D eigenvalue weighted by atomic mass is 9.88. The van der Waals surface area contributed by atoms with Crippen LogP contribution in [-0.2, 0) is 9.59 Å². The molecule has 0 amide bonds. The van der Waals surface area contributed by atoms with E-state index in [1.54, 1.807) is 0 Å². The molecule has 0 aliphatic carbocycles. The van der Waals surface area contributed by atoms with Crippen molar-refractivity contribution in [3.05, 3.63) is 11.1 Å². The van der Waals surface area contributed by atoms with Crippen molar-refractivity contribution >= 4 is 11.9 Å². The number of carbonyl (C=O) groups is 2. The lowest BCUT2D eigenvalue weighted by molar-refractivity contribution is -0.440. The van der Waals surface area contributed by atoms with E-state index in [1.807, 2.05) is 0 Å². The number of hydrogen-bond acceptors (Lipinski definition) is 2. The highest BCUT2D eigenvalue weighted by Gasteiger charge is 2.92. The van der Waals surface area contributed by atoms with Crippen LogP contribution in [0.25, 0.3) is 0 Å². The van der Waals surface area contributed by atoms with Crippen molar-refractivity contribution in [2.75, 3.05) is 0 Å². The predicted molar refractivity (Wildman–Crippen MR) is 110 cm³/mol. The molecule has 304 valence electrons. The number of allylic oxidation sites excluding steroid dienone is 1. The van der Waals surface area contributed by atoms with Crippen molar-refractivity contribution < 1.29 is 134 Å². The fourth-order valence-electron chi connectivity index (χ4n) is 3.29. The van der Waals surface area contributed by atoms with E-state index in [0.717, 1.165) is 5.92 Å². The van der Waals surface area contributed by atoms with Gasteiger partial charge in [0.15, 0.2) is 0 Å². The van der Waals surface area contributed by atoms with Crippen molar-refractivity contribution in [2.24, 2.45) is 0 Å². The third-order valence-electron chi connectivity index (χ3n) is 6.32. The molecule has 52 heavy (non-hydrogen) atoms. The molecule has 30 heteroatoms. The minimum Gasteiger partial charge on any atom is -0.478 e. The Hall–Kier alpha value is -3.58. The highest BCUT2D eigenvalue weighted by Crippen LogP contribution is 2.62. The van der Waals surface area contributed by atoms with Crippen LogP contribution in [0.5, 0.6) is 0 Å². The first-order chi connectivity index (χ1) is 22.3. The second-order valence-corrected chi connectivity index (χ2v) is 9.82. The molecule has 0 heterocycles. The summed E-state index contributed by atoms with van der Waals surface area (Å²) >= 11 is 0. The van der Waals surface area contributed by atoms with Gasteiger partial charge in [0.1, 0.15) is 0 Å². The molecular weight excluding hydrogens is 822 g/mol. The maximum absolute atomic E-state index is 14.2. The Labute approximate surface area is 267 Å². The molecule has 0 saturated heterocycles.